The first kappa shape index (κ1) is 29.3. The van der Waals surface area contributed by atoms with Crippen LogP contribution in [0.25, 0.3) is 0 Å². The van der Waals surface area contributed by atoms with Crippen LogP contribution < -0.4 is 0 Å². The molecule has 0 amide bonds. The van der Waals surface area contributed by atoms with Crippen LogP contribution in [-0.2, 0) is 33.1 Å². The standard InChI is InChI=1S/C13H20O3S.C12H18O3S/c1-2-3-4-5-6-9-12-10-7-8-11-13(12)17(14,15)16;1-2-3-4-5-8-11-9-6-7-10-12(11)16(13,14)15/h7-8,10-11H,2-6,9H2,1H3,(H,14,15,16);6-7,9-10H,2-5,8H2,1H3,(H,13,14,15). The average Bonchev–Trinajstić information content (AvgIpc) is 2.76. The van der Waals surface area contributed by atoms with Gasteiger partial charge in [0.15, 0.2) is 0 Å². The fourth-order valence-corrected chi connectivity index (χ4v) is 5.09. The molecule has 0 atom stereocenters. The van der Waals surface area contributed by atoms with Crippen molar-refractivity contribution in [1.82, 2.24) is 0 Å². The minimum Gasteiger partial charge on any atom is -0.282 e. The van der Waals surface area contributed by atoms with E-state index in [-0.39, 0.29) is 9.79 Å². The molecule has 2 N–H and O–H groups in total. The zero-order valence-electron chi connectivity index (χ0n) is 19.7. The summed E-state index contributed by atoms with van der Waals surface area (Å²) >= 11 is 0. The molecule has 33 heavy (non-hydrogen) atoms. The summed E-state index contributed by atoms with van der Waals surface area (Å²) in [5.41, 5.74) is 1.42. The van der Waals surface area contributed by atoms with Crippen molar-refractivity contribution in [2.45, 2.75) is 94.3 Å². The summed E-state index contributed by atoms with van der Waals surface area (Å²) in [5.74, 6) is 0. The van der Waals surface area contributed by atoms with Crippen molar-refractivity contribution in [3.8, 4) is 0 Å². The van der Waals surface area contributed by atoms with Crippen LogP contribution >= 0.6 is 0 Å². The van der Waals surface area contributed by atoms with Crippen molar-refractivity contribution in [3.63, 3.8) is 0 Å². The van der Waals surface area contributed by atoms with E-state index in [1.165, 1.54) is 31.4 Å². The Labute approximate surface area is 199 Å². The second-order valence-electron chi connectivity index (χ2n) is 8.14. The van der Waals surface area contributed by atoms with Crippen molar-refractivity contribution < 1.29 is 25.9 Å². The van der Waals surface area contributed by atoms with Gasteiger partial charge in [0.05, 0.1) is 9.79 Å². The van der Waals surface area contributed by atoms with Crippen LogP contribution in [-0.4, -0.2) is 25.9 Å². The Kier molecular flexibility index (Phi) is 13.5. The van der Waals surface area contributed by atoms with E-state index >= 15 is 0 Å². The monoisotopic (exact) mass is 498 g/mol. The van der Waals surface area contributed by atoms with Gasteiger partial charge in [0, 0.05) is 0 Å². The number of hydrogen-bond acceptors (Lipinski definition) is 4. The molecule has 186 valence electrons. The third-order valence-electron chi connectivity index (χ3n) is 5.35. The second kappa shape index (κ2) is 15.2. The topological polar surface area (TPSA) is 109 Å². The lowest BCUT2D eigenvalue weighted by Gasteiger charge is -2.06. The number of rotatable bonds is 13. The molecule has 0 bridgehead atoms. The summed E-state index contributed by atoms with van der Waals surface area (Å²) in [7, 11) is -8.16. The molecule has 0 unspecified atom stereocenters. The van der Waals surface area contributed by atoms with Gasteiger partial charge in [-0.25, -0.2) is 0 Å². The van der Waals surface area contributed by atoms with E-state index < -0.39 is 20.2 Å². The SMILES string of the molecule is CCCCCCCc1ccccc1S(=O)(=O)O.CCCCCCc1ccccc1S(=O)(=O)O. The van der Waals surface area contributed by atoms with Gasteiger partial charge in [-0.05, 0) is 48.9 Å². The fraction of sp³-hybridized carbons (Fsp3) is 0.520. The van der Waals surface area contributed by atoms with Crippen molar-refractivity contribution in [1.29, 1.82) is 0 Å². The molecule has 8 heteroatoms. The van der Waals surface area contributed by atoms with Gasteiger partial charge in [-0.2, -0.15) is 16.8 Å². The van der Waals surface area contributed by atoms with Crippen LogP contribution in [0.5, 0.6) is 0 Å². The predicted octanol–water partition coefficient (Wildman–Crippen LogP) is 6.50. The lowest BCUT2D eigenvalue weighted by molar-refractivity contribution is 0.479. The number of benzene rings is 2. The summed E-state index contributed by atoms with van der Waals surface area (Å²) in [6, 6.07) is 13.3. The highest BCUT2D eigenvalue weighted by Gasteiger charge is 2.14. The molecule has 0 saturated heterocycles. The summed E-state index contributed by atoms with van der Waals surface area (Å²) < 4.78 is 62.6. The molecular weight excluding hydrogens is 460 g/mol. The minimum absolute atomic E-state index is 0.0477. The predicted molar refractivity (Wildman–Crippen MR) is 133 cm³/mol. The summed E-state index contributed by atoms with van der Waals surface area (Å²) in [6.45, 7) is 4.29. The Morgan fingerprint density at radius 3 is 1.24 bits per heavy atom. The zero-order chi connectivity index (χ0) is 24.7. The van der Waals surface area contributed by atoms with Crippen molar-refractivity contribution in [2.75, 3.05) is 0 Å². The molecule has 0 aromatic heterocycles. The summed E-state index contributed by atoms with van der Waals surface area (Å²) in [4.78, 5) is 0.0991. The molecule has 6 nitrogen and oxygen atoms in total. The fourth-order valence-electron chi connectivity index (χ4n) is 3.59. The van der Waals surface area contributed by atoms with Crippen LogP contribution in [0.4, 0.5) is 0 Å². The van der Waals surface area contributed by atoms with Gasteiger partial charge < -0.3 is 0 Å². The molecule has 0 fully saturated rings. The quantitative estimate of drug-likeness (QED) is 0.241. The minimum atomic E-state index is -4.08. The van der Waals surface area contributed by atoms with Gasteiger partial charge in [-0.15, -0.1) is 0 Å². The van der Waals surface area contributed by atoms with Gasteiger partial charge in [0.1, 0.15) is 0 Å². The van der Waals surface area contributed by atoms with Crippen LogP contribution in [0.15, 0.2) is 58.3 Å². The van der Waals surface area contributed by atoms with E-state index in [0.717, 1.165) is 38.5 Å². The third kappa shape index (κ3) is 11.8. The van der Waals surface area contributed by atoms with E-state index in [2.05, 4.69) is 13.8 Å². The Bertz CT molecular complexity index is 1030. The van der Waals surface area contributed by atoms with Crippen LogP contribution in [0.2, 0.25) is 0 Å². The van der Waals surface area contributed by atoms with Gasteiger partial charge in [-0.1, -0.05) is 95.2 Å². The molecule has 0 saturated carbocycles. The highest BCUT2D eigenvalue weighted by Crippen LogP contribution is 2.19. The third-order valence-corrected chi connectivity index (χ3v) is 7.26. The first-order valence-corrected chi connectivity index (χ1v) is 14.6. The van der Waals surface area contributed by atoms with Crippen molar-refractivity contribution in [3.05, 3.63) is 59.7 Å². The van der Waals surface area contributed by atoms with E-state index in [9.17, 15) is 16.8 Å². The van der Waals surface area contributed by atoms with Gasteiger partial charge in [0.25, 0.3) is 20.2 Å². The molecule has 0 aliphatic carbocycles. The summed E-state index contributed by atoms with van der Waals surface area (Å²) in [6.07, 6.45) is 11.5. The lowest BCUT2D eigenvalue weighted by atomic mass is 10.1. The first-order chi connectivity index (χ1) is 15.6. The van der Waals surface area contributed by atoms with E-state index in [1.807, 2.05) is 0 Å². The zero-order valence-corrected chi connectivity index (χ0v) is 21.4. The van der Waals surface area contributed by atoms with Crippen LogP contribution in [0.1, 0.15) is 82.8 Å². The smallest absolute Gasteiger partial charge is 0.282 e. The molecule has 0 radical (unpaired) electrons. The van der Waals surface area contributed by atoms with Crippen molar-refractivity contribution in [2.24, 2.45) is 0 Å². The van der Waals surface area contributed by atoms with Crippen molar-refractivity contribution >= 4 is 20.2 Å². The second-order valence-corrected chi connectivity index (χ2v) is 10.9. The largest absolute Gasteiger partial charge is 0.294 e. The van der Waals surface area contributed by atoms with Crippen LogP contribution in [0.3, 0.4) is 0 Å². The highest BCUT2D eigenvalue weighted by atomic mass is 32.2. The molecule has 2 aromatic rings. The van der Waals surface area contributed by atoms with Gasteiger partial charge >= 0.3 is 0 Å². The summed E-state index contributed by atoms with van der Waals surface area (Å²) in [5, 5.41) is 0. The van der Waals surface area contributed by atoms with E-state index in [4.69, 9.17) is 9.11 Å². The van der Waals surface area contributed by atoms with Crippen LogP contribution in [0, 0.1) is 0 Å². The average molecular weight is 499 g/mol. The molecule has 0 aliphatic heterocycles. The molecule has 0 aliphatic rings. The molecule has 2 rings (SSSR count). The maximum atomic E-state index is 11.1. The van der Waals surface area contributed by atoms with E-state index in [0.29, 0.717) is 24.0 Å². The Hall–Kier alpha value is -1.74. The normalized spacial score (nSPS) is 11.6. The lowest BCUT2D eigenvalue weighted by Crippen LogP contribution is -2.03. The first-order valence-electron chi connectivity index (χ1n) is 11.7. The van der Waals surface area contributed by atoms with Gasteiger partial charge in [-0.3, -0.25) is 9.11 Å². The maximum Gasteiger partial charge on any atom is 0.294 e. The van der Waals surface area contributed by atoms with Gasteiger partial charge in [0.2, 0.25) is 0 Å². The molecule has 0 heterocycles. The number of unbranched alkanes of at least 4 members (excludes halogenated alkanes) is 7. The number of hydrogen-bond donors (Lipinski definition) is 2. The Balaban J connectivity index is 0.000000331. The molecular formula is C25H38O6S2. The van der Waals surface area contributed by atoms with E-state index in [1.54, 1.807) is 36.4 Å². The Morgan fingerprint density at radius 2 is 0.879 bits per heavy atom. The molecule has 2 aromatic carbocycles. The maximum absolute atomic E-state index is 11.1. The molecule has 0 spiro atoms. The number of aryl methyl sites for hydroxylation is 2. The Morgan fingerprint density at radius 1 is 0.545 bits per heavy atom. The highest BCUT2D eigenvalue weighted by molar-refractivity contribution is 7.86.